The monoisotopic (exact) mass is 292 g/mol. The summed E-state index contributed by atoms with van der Waals surface area (Å²) in [6.45, 7) is 2.29. The van der Waals surface area contributed by atoms with Crippen LogP contribution in [0.3, 0.4) is 0 Å². The van der Waals surface area contributed by atoms with E-state index in [-0.39, 0.29) is 11.7 Å². The predicted molar refractivity (Wildman–Crippen MR) is 79.6 cm³/mol. The number of hydrogen-bond donors (Lipinski definition) is 1. The van der Waals surface area contributed by atoms with Gasteiger partial charge in [-0.05, 0) is 49.4 Å². The highest BCUT2D eigenvalue weighted by atomic mass is 35.5. The molecule has 2 rings (SSSR count). The largest absolute Gasteiger partial charge is 0.398 e. The van der Waals surface area contributed by atoms with E-state index in [1.165, 1.54) is 23.1 Å². The smallest absolute Gasteiger partial charge is 0.260 e. The third-order valence-electron chi connectivity index (χ3n) is 2.94. The van der Waals surface area contributed by atoms with Gasteiger partial charge in [-0.25, -0.2) is 4.39 Å². The fourth-order valence-electron chi connectivity index (χ4n) is 1.94. The molecule has 0 atom stereocenters. The molecular formula is C15H14ClFN2O. The van der Waals surface area contributed by atoms with Gasteiger partial charge in [-0.3, -0.25) is 4.79 Å². The van der Waals surface area contributed by atoms with Gasteiger partial charge in [-0.15, -0.1) is 0 Å². The van der Waals surface area contributed by atoms with E-state index in [9.17, 15) is 9.18 Å². The van der Waals surface area contributed by atoms with E-state index in [1.54, 1.807) is 24.3 Å². The molecule has 0 aromatic heterocycles. The summed E-state index contributed by atoms with van der Waals surface area (Å²) in [5.74, 6) is -0.587. The topological polar surface area (TPSA) is 46.3 Å². The van der Waals surface area contributed by atoms with E-state index in [4.69, 9.17) is 17.3 Å². The van der Waals surface area contributed by atoms with Crippen molar-refractivity contribution in [3.05, 3.63) is 58.9 Å². The first-order valence-corrected chi connectivity index (χ1v) is 6.53. The van der Waals surface area contributed by atoms with Crippen LogP contribution in [0.4, 0.5) is 15.8 Å². The molecule has 0 spiro atoms. The van der Waals surface area contributed by atoms with Crippen molar-refractivity contribution in [1.82, 2.24) is 0 Å². The molecule has 0 fully saturated rings. The van der Waals surface area contributed by atoms with Gasteiger partial charge in [0, 0.05) is 22.9 Å². The van der Waals surface area contributed by atoms with Crippen LogP contribution in [-0.2, 0) is 0 Å². The summed E-state index contributed by atoms with van der Waals surface area (Å²) in [6, 6.07) is 10.5. The normalized spacial score (nSPS) is 10.3. The number of anilines is 2. The molecule has 0 aliphatic rings. The van der Waals surface area contributed by atoms with Crippen LogP contribution in [0.15, 0.2) is 42.5 Å². The second-order valence-electron chi connectivity index (χ2n) is 4.26. The summed E-state index contributed by atoms with van der Waals surface area (Å²) >= 11 is 5.82. The Balaban J connectivity index is 2.36. The number of nitrogens with two attached hydrogens (primary N) is 1. The van der Waals surface area contributed by atoms with Crippen LogP contribution >= 0.6 is 11.6 Å². The number of hydrogen-bond acceptors (Lipinski definition) is 2. The summed E-state index contributed by atoms with van der Waals surface area (Å²) in [6.07, 6.45) is 0. The van der Waals surface area contributed by atoms with Gasteiger partial charge in [0.1, 0.15) is 5.82 Å². The van der Waals surface area contributed by atoms with Crippen LogP contribution in [0.5, 0.6) is 0 Å². The van der Waals surface area contributed by atoms with Crippen molar-refractivity contribution in [3.63, 3.8) is 0 Å². The number of benzene rings is 2. The van der Waals surface area contributed by atoms with E-state index in [1.807, 2.05) is 6.92 Å². The Morgan fingerprint density at radius 1 is 1.25 bits per heavy atom. The van der Waals surface area contributed by atoms with Crippen LogP contribution in [0.2, 0.25) is 5.02 Å². The Morgan fingerprint density at radius 3 is 2.45 bits per heavy atom. The van der Waals surface area contributed by atoms with Gasteiger partial charge < -0.3 is 10.6 Å². The van der Waals surface area contributed by atoms with Crippen LogP contribution in [0.1, 0.15) is 17.3 Å². The van der Waals surface area contributed by atoms with E-state index >= 15 is 0 Å². The Bertz CT molecular complexity index is 628. The molecule has 0 bridgehead atoms. The molecule has 0 radical (unpaired) electrons. The first-order valence-electron chi connectivity index (χ1n) is 6.15. The molecule has 0 aliphatic carbocycles. The fraction of sp³-hybridized carbons (Fsp3) is 0.133. The molecule has 0 saturated carbocycles. The van der Waals surface area contributed by atoms with Crippen LogP contribution in [-0.4, -0.2) is 12.5 Å². The van der Waals surface area contributed by atoms with Crippen molar-refractivity contribution >= 4 is 28.9 Å². The molecule has 104 valence electrons. The third kappa shape index (κ3) is 2.91. The average Bonchev–Trinajstić information content (AvgIpc) is 2.41. The zero-order chi connectivity index (χ0) is 14.7. The number of carbonyl (C=O) groups excluding carboxylic acids is 1. The molecule has 20 heavy (non-hydrogen) atoms. The molecular weight excluding hydrogens is 279 g/mol. The highest BCUT2D eigenvalue weighted by molar-refractivity contribution is 6.31. The molecule has 2 N–H and O–H groups in total. The lowest BCUT2D eigenvalue weighted by atomic mass is 10.1. The minimum atomic E-state index is -0.344. The second kappa shape index (κ2) is 5.92. The maximum Gasteiger partial charge on any atom is 0.260 e. The predicted octanol–water partition coefficient (Wildman–Crippen LogP) is 3.73. The van der Waals surface area contributed by atoms with Gasteiger partial charge in [0.05, 0.1) is 5.56 Å². The van der Waals surface area contributed by atoms with Gasteiger partial charge in [-0.1, -0.05) is 11.6 Å². The molecule has 0 heterocycles. The van der Waals surface area contributed by atoms with Crippen LogP contribution in [0, 0.1) is 5.82 Å². The lowest BCUT2D eigenvalue weighted by Crippen LogP contribution is -2.31. The summed E-state index contributed by atoms with van der Waals surface area (Å²) < 4.78 is 12.9. The van der Waals surface area contributed by atoms with Crippen LogP contribution < -0.4 is 10.6 Å². The Morgan fingerprint density at radius 2 is 1.90 bits per heavy atom. The standard InChI is InChI=1S/C15H14ClFN2O/c1-2-19(12-6-4-11(17)5-7-12)15(20)13-8-3-10(16)9-14(13)18/h3-9H,2,18H2,1H3. The molecule has 0 aliphatic heterocycles. The van der Waals surface area contributed by atoms with Gasteiger partial charge in [0.25, 0.3) is 5.91 Å². The minimum Gasteiger partial charge on any atom is -0.398 e. The lowest BCUT2D eigenvalue weighted by molar-refractivity contribution is 0.0989. The van der Waals surface area contributed by atoms with Gasteiger partial charge in [0.2, 0.25) is 0 Å². The summed E-state index contributed by atoms with van der Waals surface area (Å²) in [7, 11) is 0. The first kappa shape index (κ1) is 14.3. The zero-order valence-electron chi connectivity index (χ0n) is 10.9. The Hall–Kier alpha value is -2.07. The molecule has 0 unspecified atom stereocenters. The SMILES string of the molecule is CCN(C(=O)c1ccc(Cl)cc1N)c1ccc(F)cc1. The Labute approximate surface area is 121 Å². The van der Waals surface area contributed by atoms with E-state index in [2.05, 4.69) is 0 Å². The lowest BCUT2D eigenvalue weighted by Gasteiger charge is -2.22. The number of nitrogen functional groups attached to an aromatic ring is 1. The number of rotatable bonds is 3. The van der Waals surface area contributed by atoms with Crippen molar-refractivity contribution < 1.29 is 9.18 Å². The van der Waals surface area contributed by atoms with Crippen molar-refractivity contribution in [3.8, 4) is 0 Å². The van der Waals surface area contributed by atoms with E-state index < -0.39 is 0 Å². The molecule has 2 aromatic rings. The average molecular weight is 293 g/mol. The summed E-state index contributed by atoms with van der Waals surface area (Å²) in [5, 5.41) is 0.476. The zero-order valence-corrected chi connectivity index (χ0v) is 11.7. The van der Waals surface area contributed by atoms with Gasteiger partial charge in [0.15, 0.2) is 0 Å². The number of nitrogens with zero attached hydrogens (tertiary/aromatic N) is 1. The van der Waals surface area contributed by atoms with E-state index in [0.29, 0.717) is 28.5 Å². The highest BCUT2D eigenvalue weighted by Crippen LogP contribution is 2.23. The molecule has 3 nitrogen and oxygen atoms in total. The third-order valence-corrected chi connectivity index (χ3v) is 3.18. The number of amides is 1. The van der Waals surface area contributed by atoms with Crippen molar-refractivity contribution in [1.29, 1.82) is 0 Å². The first-order chi connectivity index (χ1) is 9.52. The number of carbonyl (C=O) groups is 1. The van der Waals surface area contributed by atoms with Gasteiger partial charge in [-0.2, -0.15) is 0 Å². The Kier molecular flexibility index (Phi) is 4.25. The van der Waals surface area contributed by atoms with Gasteiger partial charge >= 0.3 is 0 Å². The quantitative estimate of drug-likeness (QED) is 0.876. The highest BCUT2D eigenvalue weighted by Gasteiger charge is 2.18. The fourth-order valence-corrected chi connectivity index (χ4v) is 2.12. The molecule has 0 saturated heterocycles. The molecule has 1 amide bonds. The number of halogens is 2. The van der Waals surface area contributed by atoms with Crippen molar-refractivity contribution in [2.45, 2.75) is 6.92 Å². The minimum absolute atomic E-state index is 0.242. The molecule has 5 heteroatoms. The maximum absolute atomic E-state index is 12.9. The summed E-state index contributed by atoms with van der Waals surface area (Å²) in [4.78, 5) is 14.0. The summed E-state index contributed by atoms with van der Waals surface area (Å²) in [5.41, 5.74) is 7.14. The maximum atomic E-state index is 12.9. The molecule has 2 aromatic carbocycles. The second-order valence-corrected chi connectivity index (χ2v) is 4.69. The van der Waals surface area contributed by atoms with E-state index in [0.717, 1.165) is 0 Å². The van der Waals surface area contributed by atoms with Crippen molar-refractivity contribution in [2.75, 3.05) is 17.2 Å². The van der Waals surface area contributed by atoms with Crippen molar-refractivity contribution in [2.24, 2.45) is 0 Å². The van der Waals surface area contributed by atoms with Crippen LogP contribution in [0.25, 0.3) is 0 Å².